The lowest BCUT2D eigenvalue weighted by atomic mass is 10.3. The number of rotatable bonds is 1. The summed E-state index contributed by atoms with van der Waals surface area (Å²) in [6.45, 7) is 2.69. The van der Waals surface area contributed by atoms with Crippen molar-refractivity contribution in [2.24, 2.45) is 0 Å². The molecule has 13 heavy (non-hydrogen) atoms. The summed E-state index contributed by atoms with van der Waals surface area (Å²) in [5.74, 6) is -0.233. The Bertz CT molecular complexity index is 450. The maximum atomic E-state index is 13.4. The third kappa shape index (κ3) is 1.35. The molecule has 68 valence electrons. The maximum Gasteiger partial charge on any atom is 0.150 e. The van der Waals surface area contributed by atoms with Crippen LogP contribution in [0.3, 0.4) is 0 Å². The highest BCUT2D eigenvalue weighted by atomic mass is 79.9. The van der Waals surface area contributed by atoms with Crippen LogP contribution in [0.4, 0.5) is 4.39 Å². The van der Waals surface area contributed by atoms with Crippen molar-refractivity contribution in [3.05, 3.63) is 28.7 Å². The summed E-state index contributed by atoms with van der Waals surface area (Å²) in [7, 11) is 0. The number of hydrogen-bond donors (Lipinski definition) is 0. The van der Waals surface area contributed by atoms with E-state index in [0.29, 0.717) is 11.0 Å². The van der Waals surface area contributed by atoms with Crippen LogP contribution in [0.5, 0.6) is 0 Å². The van der Waals surface area contributed by atoms with Gasteiger partial charge >= 0.3 is 0 Å². The Morgan fingerprint density at radius 1 is 1.54 bits per heavy atom. The molecule has 0 atom stereocenters. The Labute approximate surface area is 83.5 Å². The minimum absolute atomic E-state index is 0.233. The van der Waals surface area contributed by atoms with Crippen LogP contribution in [0.1, 0.15) is 6.92 Å². The van der Waals surface area contributed by atoms with Crippen LogP contribution in [-0.2, 0) is 6.54 Å². The van der Waals surface area contributed by atoms with Crippen molar-refractivity contribution >= 4 is 27.0 Å². The number of imidazole rings is 1. The summed E-state index contributed by atoms with van der Waals surface area (Å²) in [6.07, 6.45) is 1.65. The molecule has 0 saturated carbocycles. The van der Waals surface area contributed by atoms with Gasteiger partial charge in [0.2, 0.25) is 0 Å². The van der Waals surface area contributed by atoms with E-state index in [-0.39, 0.29) is 5.82 Å². The van der Waals surface area contributed by atoms with Gasteiger partial charge in [0, 0.05) is 11.0 Å². The lowest BCUT2D eigenvalue weighted by Gasteiger charge is -2.00. The minimum atomic E-state index is -0.233. The smallest absolute Gasteiger partial charge is 0.150 e. The van der Waals surface area contributed by atoms with Crippen molar-refractivity contribution in [1.82, 2.24) is 9.55 Å². The highest BCUT2D eigenvalue weighted by Gasteiger charge is 2.07. The first-order chi connectivity index (χ1) is 6.22. The van der Waals surface area contributed by atoms with E-state index in [1.165, 1.54) is 6.07 Å². The molecule has 0 fully saturated rings. The van der Waals surface area contributed by atoms with E-state index in [0.717, 1.165) is 11.0 Å². The highest BCUT2D eigenvalue weighted by molar-refractivity contribution is 9.10. The van der Waals surface area contributed by atoms with Crippen molar-refractivity contribution in [3.63, 3.8) is 0 Å². The molecule has 4 heteroatoms. The molecule has 0 radical (unpaired) electrons. The second-order valence-corrected chi connectivity index (χ2v) is 3.70. The molecule has 0 bridgehead atoms. The van der Waals surface area contributed by atoms with Gasteiger partial charge in [0.15, 0.2) is 0 Å². The molecule has 0 aliphatic carbocycles. The first kappa shape index (κ1) is 8.69. The van der Waals surface area contributed by atoms with Gasteiger partial charge in [-0.3, -0.25) is 0 Å². The number of nitrogens with zero attached hydrogens (tertiary/aromatic N) is 2. The van der Waals surface area contributed by atoms with E-state index in [1.54, 1.807) is 10.9 Å². The van der Waals surface area contributed by atoms with Gasteiger partial charge < -0.3 is 4.57 Å². The van der Waals surface area contributed by atoms with Gasteiger partial charge in [-0.25, -0.2) is 9.37 Å². The average molecular weight is 243 g/mol. The standard InChI is InChI=1S/C9H8BrFN2/c1-2-13-5-12-8-4-6(10)3-7(11)9(8)13/h3-5H,2H2,1H3. The molecule has 0 N–H and O–H groups in total. The van der Waals surface area contributed by atoms with Crippen LogP contribution >= 0.6 is 15.9 Å². The summed E-state index contributed by atoms with van der Waals surface area (Å²) >= 11 is 3.23. The van der Waals surface area contributed by atoms with E-state index >= 15 is 0 Å². The van der Waals surface area contributed by atoms with Crippen LogP contribution < -0.4 is 0 Å². The predicted octanol–water partition coefficient (Wildman–Crippen LogP) is 2.96. The fourth-order valence-corrected chi connectivity index (χ4v) is 1.78. The second kappa shape index (κ2) is 3.10. The molecule has 2 aromatic rings. The lowest BCUT2D eigenvalue weighted by Crippen LogP contribution is -1.93. The number of halogens is 2. The van der Waals surface area contributed by atoms with Crippen molar-refractivity contribution < 1.29 is 4.39 Å². The van der Waals surface area contributed by atoms with Crippen molar-refractivity contribution in [1.29, 1.82) is 0 Å². The van der Waals surface area contributed by atoms with Gasteiger partial charge in [-0.05, 0) is 19.1 Å². The van der Waals surface area contributed by atoms with E-state index in [1.807, 2.05) is 13.0 Å². The predicted molar refractivity (Wildman–Crippen MR) is 53.1 cm³/mol. The zero-order valence-electron chi connectivity index (χ0n) is 7.09. The molecule has 1 aromatic carbocycles. The van der Waals surface area contributed by atoms with Gasteiger partial charge in [0.25, 0.3) is 0 Å². The largest absolute Gasteiger partial charge is 0.328 e. The fourth-order valence-electron chi connectivity index (χ4n) is 1.36. The fraction of sp³-hybridized carbons (Fsp3) is 0.222. The second-order valence-electron chi connectivity index (χ2n) is 2.79. The molecule has 1 heterocycles. The third-order valence-electron chi connectivity index (χ3n) is 1.97. The highest BCUT2D eigenvalue weighted by Crippen LogP contribution is 2.22. The van der Waals surface area contributed by atoms with Gasteiger partial charge in [-0.15, -0.1) is 0 Å². The van der Waals surface area contributed by atoms with E-state index < -0.39 is 0 Å². The first-order valence-electron chi connectivity index (χ1n) is 4.02. The van der Waals surface area contributed by atoms with Crippen molar-refractivity contribution in [2.75, 3.05) is 0 Å². The number of aryl methyl sites for hydroxylation is 1. The summed E-state index contributed by atoms with van der Waals surface area (Å²) in [4.78, 5) is 4.10. The molecule has 0 aliphatic heterocycles. The molecule has 2 rings (SSSR count). The number of benzene rings is 1. The molecule has 0 amide bonds. The van der Waals surface area contributed by atoms with E-state index in [9.17, 15) is 4.39 Å². The topological polar surface area (TPSA) is 17.8 Å². The Hall–Kier alpha value is -0.900. The Morgan fingerprint density at radius 3 is 3.00 bits per heavy atom. The molecule has 0 aliphatic rings. The SMILES string of the molecule is CCn1cnc2cc(Br)cc(F)c21. The molecule has 2 nitrogen and oxygen atoms in total. The van der Waals surface area contributed by atoms with E-state index in [4.69, 9.17) is 0 Å². The third-order valence-corrected chi connectivity index (χ3v) is 2.43. The Kier molecular flexibility index (Phi) is 2.07. The molecule has 0 unspecified atom stereocenters. The Balaban J connectivity index is 2.82. The zero-order chi connectivity index (χ0) is 9.42. The molecule has 0 saturated heterocycles. The number of fused-ring (bicyclic) bond motifs is 1. The number of aromatic nitrogens is 2. The van der Waals surface area contributed by atoms with Crippen LogP contribution in [0.15, 0.2) is 22.9 Å². The molecular formula is C9H8BrFN2. The summed E-state index contributed by atoms with van der Waals surface area (Å²) in [5.41, 5.74) is 1.26. The quantitative estimate of drug-likeness (QED) is 0.752. The lowest BCUT2D eigenvalue weighted by molar-refractivity contribution is 0.625. The zero-order valence-corrected chi connectivity index (χ0v) is 8.68. The van der Waals surface area contributed by atoms with Crippen LogP contribution in [-0.4, -0.2) is 9.55 Å². The monoisotopic (exact) mass is 242 g/mol. The average Bonchev–Trinajstić information content (AvgIpc) is 2.47. The van der Waals surface area contributed by atoms with Crippen molar-refractivity contribution in [2.45, 2.75) is 13.5 Å². The van der Waals surface area contributed by atoms with Gasteiger partial charge in [-0.2, -0.15) is 0 Å². The number of hydrogen-bond acceptors (Lipinski definition) is 1. The molecule has 1 aromatic heterocycles. The van der Waals surface area contributed by atoms with Gasteiger partial charge in [-0.1, -0.05) is 15.9 Å². The summed E-state index contributed by atoms with van der Waals surface area (Å²) in [5, 5.41) is 0. The van der Waals surface area contributed by atoms with Crippen LogP contribution in [0.25, 0.3) is 11.0 Å². The molecule has 0 spiro atoms. The van der Waals surface area contributed by atoms with Crippen molar-refractivity contribution in [3.8, 4) is 0 Å². The van der Waals surface area contributed by atoms with E-state index in [2.05, 4.69) is 20.9 Å². The summed E-state index contributed by atoms with van der Waals surface area (Å²) in [6, 6.07) is 3.26. The molecular weight excluding hydrogens is 235 g/mol. The van der Waals surface area contributed by atoms with Gasteiger partial charge in [0.05, 0.1) is 11.8 Å². The summed E-state index contributed by atoms with van der Waals surface area (Å²) < 4.78 is 15.9. The first-order valence-corrected chi connectivity index (χ1v) is 4.81. The Morgan fingerprint density at radius 2 is 2.31 bits per heavy atom. The van der Waals surface area contributed by atoms with Crippen LogP contribution in [0, 0.1) is 5.82 Å². The normalized spacial score (nSPS) is 11.0. The van der Waals surface area contributed by atoms with Crippen LogP contribution in [0.2, 0.25) is 0 Å². The van der Waals surface area contributed by atoms with Gasteiger partial charge in [0.1, 0.15) is 11.3 Å². The maximum absolute atomic E-state index is 13.4. The minimum Gasteiger partial charge on any atom is -0.328 e.